The van der Waals surface area contributed by atoms with Crippen molar-refractivity contribution in [2.75, 3.05) is 18.8 Å². The molecule has 3 nitrogen and oxygen atoms in total. The molecule has 1 aliphatic heterocycles. The summed E-state index contributed by atoms with van der Waals surface area (Å²) in [6.07, 6.45) is 3.23. The van der Waals surface area contributed by atoms with Gasteiger partial charge in [-0.15, -0.1) is 0 Å². The second-order valence-electron chi connectivity index (χ2n) is 4.92. The van der Waals surface area contributed by atoms with Crippen molar-refractivity contribution in [1.82, 2.24) is 4.90 Å². The van der Waals surface area contributed by atoms with Crippen molar-refractivity contribution in [2.45, 2.75) is 26.2 Å². The number of amides is 1. The molecule has 0 radical (unpaired) electrons. The van der Waals surface area contributed by atoms with Crippen LogP contribution in [0.15, 0.2) is 18.2 Å². The molecule has 2 N–H and O–H groups in total. The molecule has 0 unspecified atom stereocenters. The van der Waals surface area contributed by atoms with E-state index in [4.69, 9.17) is 5.73 Å². The van der Waals surface area contributed by atoms with Crippen LogP contribution in [0.2, 0.25) is 0 Å². The van der Waals surface area contributed by atoms with Crippen LogP contribution in [0.4, 0.5) is 10.1 Å². The van der Waals surface area contributed by atoms with Crippen molar-refractivity contribution in [3.05, 3.63) is 29.6 Å². The van der Waals surface area contributed by atoms with Crippen LogP contribution in [-0.2, 0) is 0 Å². The number of carbonyl (C=O) groups excluding carboxylic acids is 1. The number of anilines is 1. The quantitative estimate of drug-likeness (QED) is 0.820. The number of hydrogen-bond donors (Lipinski definition) is 1. The lowest BCUT2D eigenvalue weighted by Gasteiger charge is -2.31. The molecule has 4 heteroatoms. The SMILES string of the molecule is CCC1CCN(C(=O)c2cc(N)cc(F)c2)CC1. The van der Waals surface area contributed by atoms with E-state index in [0.29, 0.717) is 17.2 Å². The van der Waals surface area contributed by atoms with Gasteiger partial charge >= 0.3 is 0 Å². The molecule has 2 rings (SSSR count). The summed E-state index contributed by atoms with van der Waals surface area (Å²) in [4.78, 5) is 14.0. The Morgan fingerprint density at radius 1 is 1.39 bits per heavy atom. The zero-order valence-corrected chi connectivity index (χ0v) is 10.7. The summed E-state index contributed by atoms with van der Waals surface area (Å²) in [7, 11) is 0. The van der Waals surface area contributed by atoms with Crippen LogP contribution >= 0.6 is 0 Å². The van der Waals surface area contributed by atoms with Gasteiger partial charge in [0.15, 0.2) is 0 Å². The van der Waals surface area contributed by atoms with Crippen LogP contribution in [0.25, 0.3) is 0 Å². The third kappa shape index (κ3) is 2.81. The Hall–Kier alpha value is -1.58. The van der Waals surface area contributed by atoms with E-state index in [2.05, 4.69) is 6.92 Å². The van der Waals surface area contributed by atoms with Gasteiger partial charge in [0.25, 0.3) is 5.91 Å². The maximum atomic E-state index is 13.2. The number of nitrogens with two attached hydrogens (primary N) is 1. The van der Waals surface area contributed by atoms with Gasteiger partial charge in [0.05, 0.1) is 0 Å². The van der Waals surface area contributed by atoms with Gasteiger partial charge in [0, 0.05) is 24.3 Å². The number of benzene rings is 1. The first kappa shape index (κ1) is 12.9. The van der Waals surface area contributed by atoms with E-state index in [1.807, 2.05) is 0 Å². The van der Waals surface area contributed by atoms with Crippen LogP contribution in [0.3, 0.4) is 0 Å². The average Bonchev–Trinajstić information content (AvgIpc) is 2.37. The number of piperidine rings is 1. The summed E-state index contributed by atoms with van der Waals surface area (Å²) >= 11 is 0. The molecule has 0 atom stereocenters. The van der Waals surface area contributed by atoms with Crippen molar-refractivity contribution >= 4 is 11.6 Å². The maximum Gasteiger partial charge on any atom is 0.254 e. The Bertz CT molecular complexity index is 419. The van der Waals surface area contributed by atoms with Gasteiger partial charge in [-0.25, -0.2) is 4.39 Å². The highest BCUT2D eigenvalue weighted by Crippen LogP contribution is 2.22. The van der Waals surface area contributed by atoms with Gasteiger partial charge in [-0.2, -0.15) is 0 Å². The minimum absolute atomic E-state index is 0.115. The van der Waals surface area contributed by atoms with Crippen LogP contribution in [0.1, 0.15) is 36.5 Å². The standard InChI is InChI=1S/C14H19FN2O/c1-2-10-3-5-17(6-4-10)14(18)11-7-12(15)9-13(16)8-11/h7-10H,2-6,16H2,1H3. The monoisotopic (exact) mass is 250 g/mol. The summed E-state index contributed by atoms with van der Waals surface area (Å²) in [6, 6.07) is 4.02. The zero-order chi connectivity index (χ0) is 13.1. The lowest BCUT2D eigenvalue weighted by Crippen LogP contribution is -2.38. The summed E-state index contributed by atoms with van der Waals surface area (Å²) in [5.41, 5.74) is 6.20. The van der Waals surface area contributed by atoms with Crippen molar-refractivity contribution in [1.29, 1.82) is 0 Å². The molecule has 0 aliphatic carbocycles. The molecule has 0 saturated carbocycles. The van der Waals surface area contributed by atoms with Gasteiger partial charge in [-0.1, -0.05) is 13.3 Å². The number of nitrogen functional groups attached to an aromatic ring is 1. The molecule has 1 amide bonds. The number of carbonyl (C=O) groups is 1. The molecule has 1 heterocycles. The minimum Gasteiger partial charge on any atom is -0.399 e. The Kier molecular flexibility index (Phi) is 3.84. The third-order valence-corrected chi connectivity index (χ3v) is 3.65. The second kappa shape index (κ2) is 5.38. The Morgan fingerprint density at radius 3 is 2.61 bits per heavy atom. The van der Waals surface area contributed by atoms with Gasteiger partial charge < -0.3 is 10.6 Å². The fourth-order valence-electron chi connectivity index (χ4n) is 2.46. The van der Waals surface area contributed by atoms with Crippen LogP contribution in [-0.4, -0.2) is 23.9 Å². The van der Waals surface area contributed by atoms with E-state index in [-0.39, 0.29) is 5.91 Å². The number of rotatable bonds is 2. The van der Waals surface area contributed by atoms with Crippen molar-refractivity contribution in [3.63, 3.8) is 0 Å². The normalized spacial score (nSPS) is 16.9. The predicted molar refractivity (Wildman–Crippen MR) is 69.7 cm³/mol. The Balaban J connectivity index is 2.07. The third-order valence-electron chi connectivity index (χ3n) is 3.65. The van der Waals surface area contributed by atoms with Crippen molar-refractivity contribution in [3.8, 4) is 0 Å². The first-order chi connectivity index (χ1) is 8.60. The predicted octanol–water partition coefficient (Wildman–Crippen LogP) is 2.67. The minimum atomic E-state index is -0.457. The topological polar surface area (TPSA) is 46.3 Å². The van der Waals surface area contributed by atoms with Gasteiger partial charge in [0.1, 0.15) is 5.82 Å². The zero-order valence-electron chi connectivity index (χ0n) is 10.7. The molecule has 0 spiro atoms. The summed E-state index contributed by atoms with van der Waals surface area (Å²) < 4.78 is 13.2. The lowest BCUT2D eigenvalue weighted by atomic mass is 9.94. The summed E-state index contributed by atoms with van der Waals surface area (Å²) in [5, 5.41) is 0. The molecule has 18 heavy (non-hydrogen) atoms. The smallest absolute Gasteiger partial charge is 0.254 e. The largest absolute Gasteiger partial charge is 0.399 e. The van der Waals surface area contributed by atoms with Crippen LogP contribution in [0, 0.1) is 11.7 Å². The van der Waals surface area contributed by atoms with E-state index in [1.54, 1.807) is 4.90 Å². The highest BCUT2D eigenvalue weighted by Gasteiger charge is 2.23. The van der Waals surface area contributed by atoms with E-state index in [9.17, 15) is 9.18 Å². The van der Waals surface area contributed by atoms with Gasteiger partial charge in [-0.3, -0.25) is 4.79 Å². The first-order valence-corrected chi connectivity index (χ1v) is 6.45. The van der Waals surface area contributed by atoms with Crippen LogP contribution in [0.5, 0.6) is 0 Å². The fraction of sp³-hybridized carbons (Fsp3) is 0.500. The van der Waals surface area contributed by atoms with Crippen LogP contribution < -0.4 is 5.73 Å². The highest BCUT2D eigenvalue weighted by atomic mass is 19.1. The lowest BCUT2D eigenvalue weighted by molar-refractivity contribution is 0.0688. The molecular formula is C14H19FN2O. The second-order valence-corrected chi connectivity index (χ2v) is 4.92. The van der Waals surface area contributed by atoms with Gasteiger partial charge in [-0.05, 0) is 37.0 Å². The average molecular weight is 250 g/mol. The molecule has 98 valence electrons. The number of nitrogens with zero attached hydrogens (tertiary/aromatic N) is 1. The fourth-order valence-corrected chi connectivity index (χ4v) is 2.46. The van der Waals surface area contributed by atoms with Crippen molar-refractivity contribution < 1.29 is 9.18 Å². The molecule has 1 aliphatic rings. The number of likely N-dealkylation sites (tertiary alicyclic amines) is 1. The highest BCUT2D eigenvalue weighted by molar-refractivity contribution is 5.95. The number of halogens is 1. The van der Waals surface area contributed by atoms with E-state index < -0.39 is 5.82 Å². The molecule has 0 bridgehead atoms. The van der Waals surface area contributed by atoms with Crippen molar-refractivity contribution in [2.24, 2.45) is 5.92 Å². The summed E-state index contributed by atoms with van der Waals surface area (Å²) in [5.74, 6) is 0.143. The van der Waals surface area contributed by atoms with E-state index >= 15 is 0 Å². The molecule has 0 aromatic heterocycles. The molecular weight excluding hydrogens is 231 g/mol. The molecule has 1 aromatic carbocycles. The summed E-state index contributed by atoms with van der Waals surface area (Å²) in [6.45, 7) is 3.69. The van der Waals surface area contributed by atoms with E-state index in [1.165, 1.54) is 18.2 Å². The molecule has 1 saturated heterocycles. The Labute approximate surface area is 107 Å². The molecule has 1 aromatic rings. The Morgan fingerprint density at radius 2 is 2.06 bits per heavy atom. The number of hydrogen-bond acceptors (Lipinski definition) is 2. The van der Waals surface area contributed by atoms with Gasteiger partial charge in [0.2, 0.25) is 0 Å². The molecule has 1 fully saturated rings. The van der Waals surface area contributed by atoms with E-state index in [0.717, 1.165) is 32.4 Å². The first-order valence-electron chi connectivity index (χ1n) is 6.45. The maximum absolute atomic E-state index is 13.2.